The monoisotopic (exact) mass is 345 g/mol. The van der Waals surface area contributed by atoms with Gasteiger partial charge >= 0.3 is 0 Å². The molecule has 5 nitrogen and oxygen atoms in total. The van der Waals surface area contributed by atoms with Crippen LogP contribution in [0.4, 0.5) is 0 Å². The van der Waals surface area contributed by atoms with Gasteiger partial charge < -0.3 is 14.8 Å². The van der Waals surface area contributed by atoms with E-state index in [9.17, 15) is 9.59 Å². The number of Topliss-reactive ketones (excluding diaryl/α,β-unsaturated/α-hetero) is 1. The number of rotatable bonds is 6. The van der Waals surface area contributed by atoms with Crippen LogP contribution in [0.3, 0.4) is 0 Å². The van der Waals surface area contributed by atoms with Crippen molar-refractivity contribution in [3.63, 3.8) is 0 Å². The highest BCUT2D eigenvalue weighted by Crippen LogP contribution is 2.46. The largest absolute Gasteiger partial charge is 0.493 e. The Bertz CT molecular complexity index is 726. The molecule has 0 spiro atoms. The van der Waals surface area contributed by atoms with Crippen LogP contribution in [0.2, 0.25) is 0 Å². The number of ether oxygens (including phenoxy) is 2. The first-order valence-electron chi connectivity index (χ1n) is 8.60. The molecule has 136 valence electrons. The van der Waals surface area contributed by atoms with E-state index >= 15 is 0 Å². The van der Waals surface area contributed by atoms with Crippen molar-refractivity contribution in [3.8, 4) is 11.5 Å². The van der Waals surface area contributed by atoms with Gasteiger partial charge in [0.15, 0.2) is 11.5 Å². The van der Waals surface area contributed by atoms with Crippen LogP contribution in [-0.4, -0.2) is 25.9 Å². The molecule has 0 fully saturated rings. The van der Waals surface area contributed by atoms with Crippen molar-refractivity contribution in [2.24, 2.45) is 5.41 Å². The molecule has 0 aromatic heterocycles. The second-order valence-electron chi connectivity index (χ2n) is 7.23. The predicted molar refractivity (Wildman–Crippen MR) is 97.9 cm³/mol. The number of allylic oxidation sites excluding steroid dienone is 2. The van der Waals surface area contributed by atoms with Crippen LogP contribution in [0.25, 0.3) is 5.57 Å². The van der Waals surface area contributed by atoms with Gasteiger partial charge in [-0.25, -0.2) is 0 Å². The van der Waals surface area contributed by atoms with Crippen LogP contribution < -0.4 is 14.8 Å². The number of hydrogen-bond acceptors (Lipinski definition) is 4. The molecule has 1 aromatic carbocycles. The molecule has 0 heterocycles. The van der Waals surface area contributed by atoms with Crippen LogP contribution in [0.5, 0.6) is 11.5 Å². The van der Waals surface area contributed by atoms with Crippen LogP contribution >= 0.6 is 0 Å². The summed E-state index contributed by atoms with van der Waals surface area (Å²) in [5.41, 5.74) is 2.22. The summed E-state index contributed by atoms with van der Waals surface area (Å²) in [5, 5.41) is 2.85. The Morgan fingerprint density at radius 1 is 1.08 bits per heavy atom. The predicted octanol–water partition coefficient (Wildman–Crippen LogP) is 3.96. The Morgan fingerprint density at radius 2 is 1.64 bits per heavy atom. The Hall–Kier alpha value is -2.30. The van der Waals surface area contributed by atoms with Gasteiger partial charge in [0.1, 0.15) is 0 Å². The van der Waals surface area contributed by atoms with Gasteiger partial charge in [-0.3, -0.25) is 9.59 Å². The normalized spacial score (nSPS) is 13.8. The van der Waals surface area contributed by atoms with Crippen LogP contribution in [0, 0.1) is 5.41 Å². The van der Waals surface area contributed by atoms with Crippen LogP contribution in [-0.2, 0) is 4.79 Å². The molecule has 1 aliphatic carbocycles. The molecule has 25 heavy (non-hydrogen) atoms. The highest BCUT2D eigenvalue weighted by molar-refractivity contribution is 6.22. The van der Waals surface area contributed by atoms with Gasteiger partial charge in [-0.1, -0.05) is 34.1 Å². The number of nitrogens with one attached hydrogen (secondary N) is 1. The topological polar surface area (TPSA) is 64.6 Å². The molecule has 0 radical (unpaired) electrons. The Labute approximate surface area is 149 Å². The third-order valence-corrected chi connectivity index (χ3v) is 4.29. The fourth-order valence-electron chi connectivity index (χ4n) is 3.09. The molecule has 0 aliphatic heterocycles. The summed E-state index contributed by atoms with van der Waals surface area (Å²) in [7, 11) is 3.10. The van der Waals surface area contributed by atoms with Gasteiger partial charge in [0.25, 0.3) is 0 Å². The highest BCUT2D eigenvalue weighted by Gasteiger charge is 2.37. The number of amides is 1. The number of carbonyl (C=O) groups excluding carboxylic acids is 2. The van der Waals surface area contributed by atoms with E-state index in [1.807, 2.05) is 33.8 Å². The van der Waals surface area contributed by atoms with Gasteiger partial charge in [-0.05, 0) is 35.1 Å². The van der Waals surface area contributed by atoms with E-state index in [-0.39, 0.29) is 17.1 Å². The van der Waals surface area contributed by atoms with E-state index in [1.54, 1.807) is 13.2 Å². The van der Waals surface area contributed by atoms with Gasteiger partial charge in [0, 0.05) is 12.0 Å². The first-order valence-corrected chi connectivity index (χ1v) is 8.60. The quantitative estimate of drug-likeness (QED) is 0.847. The number of carbonyl (C=O) groups is 2. The molecule has 2 rings (SSSR count). The molecular formula is C20H27NO4. The zero-order valence-electron chi connectivity index (χ0n) is 15.9. The third kappa shape index (κ3) is 3.70. The summed E-state index contributed by atoms with van der Waals surface area (Å²) in [6.07, 6.45) is 2.14. The molecule has 0 atom stereocenters. The first kappa shape index (κ1) is 19.0. The van der Waals surface area contributed by atoms with Crippen molar-refractivity contribution in [2.45, 2.75) is 47.0 Å². The van der Waals surface area contributed by atoms with E-state index in [0.29, 0.717) is 29.2 Å². The fraction of sp³-hybridized carbons (Fsp3) is 0.500. The number of hydrogen-bond donors (Lipinski definition) is 1. The molecule has 1 amide bonds. The van der Waals surface area contributed by atoms with Gasteiger partial charge in [-0.2, -0.15) is 0 Å². The molecule has 5 heteroatoms. The summed E-state index contributed by atoms with van der Waals surface area (Å²) in [6.45, 7) is 8.11. The standard InChI is InChI=1S/C20H27NO4/c1-7-8-9-16(22)21-18-17(20(2,3)4)12-10-14(24-5)15(25-6)11-13(12)19(18)23/h10-11H,7-9H2,1-6H3,(H,21,22,23). The highest BCUT2D eigenvalue weighted by atomic mass is 16.5. The smallest absolute Gasteiger partial charge is 0.224 e. The van der Waals surface area contributed by atoms with Gasteiger partial charge in [0.05, 0.1) is 19.9 Å². The lowest BCUT2D eigenvalue weighted by atomic mass is 9.82. The molecule has 0 saturated carbocycles. The SMILES string of the molecule is CCCCC(=O)NC1=C(C(C)(C)C)c2cc(OC)c(OC)cc2C1=O. The molecule has 1 N–H and O–H groups in total. The van der Waals surface area contributed by atoms with E-state index in [2.05, 4.69) is 5.32 Å². The molecule has 0 bridgehead atoms. The third-order valence-electron chi connectivity index (χ3n) is 4.29. The van der Waals surface area contributed by atoms with E-state index in [0.717, 1.165) is 24.0 Å². The van der Waals surface area contributed by atoms with Crippen LogP contribution in [0.15, 0.2) is 17.8 Å². The molecule has 1 aliphatic rings. The number of methoxy groups -OCH3 is 2. The lowest BCUT2D eigenvalue weighted by Crippen LogP contribution is -2.27. The van der Waals surface area contributed by atoms with Crippen molar-refractivity contribution >= 4 is 17.3 Å². The molecular weight excluding hydrogens is 318 g/mol. The molecule has 1 aromatic rings. The average molecular weight is 345 g/mol. The van der Waals surface area contributed by atoms with E-state index < -0.39 is 0 Å². The van der Waals surface area contributed by atoms with Crippen molar-refractivity contribution in [2.75, 3.05) is 14.2 Å². The Morgan fingerprint density at radius 3 is 2.12 bits per heavy atom. The van der Waals surface area contributed by atoms with Gasteiger partial charge in [-0.15, -0.1) is 0 Å². The van der Waals surface area contributed by atoms with Crippen LogP contribution in [0.1, 0.15) is 62.9 Å². The van der Waals surface area contributed by atoms with Crippen molar-refractivity contribution < 1.29 is 19.1 Å². The maximum atomic E-state index is 13.0. The zero-order chi connectivity index (χ0) is 18.8. The second-order valence-corrected chi connectivity index (χ2v) is 7.23. The lowest BCUT2D eigenvalue weighted by molar-refractivity contribution is -0.120. The van der Waals surface area contributed by atoms with E-state index in [4.69, 9.17) is 9.47 Å². The molecule has 0 unspecified atom stereocenters. The summed E-state index contributed by atoms with van der Waals surface area (Å²) in [4.78, 5) is 25.2. The number of fused-ring (bicyclic) bond motifs is 1. The number of ketones is 1. The summed E-state index contributed by atoms with van der Waals surface area (Å²) >= 11 is 0. The summed E-state index contributed by atoms with van der Waals surface area (Å²) < 4.78 is 10.7. The average Bonchev–Trinajstić information content (AvgIpc) is 2.83. The maximum absolute atomic E-state index is 13.0. The van der Waals surface area contributed by atoms with Crippen molar-refractivity contribution in [3.05, 3.63) is 29.0 Å². The Kier molecular flexibility index (Phi) is 5.55. The number of unbranched alkanes of at least 4 members (excludes halogenated alkanes) is 1. The number of benzene rings is 1. The Balaban J connectivity index is 2.55. The van der Waals surface area contributed by atoms with Gasteiger partial charge in [0.2, 0.25) is 11.7 Å². The van der Waals surface area contributed by atoms with Crippen molar-refractivity contribution in [1.82, 2.24) is 5.32 Å². The maximum Gasteiger partial charge on any atom is 0.224 e. The fourth-order valence-corrected chi connectivity index (χ4v) is 3.09. The first-order chi connectivity index (χ1) is 11.7. The second kappa shape index (κ2) is 7.30. The minimum atomic E-state index is -0.312. The zero-order valence-corrected chi connectivity index (χ0v) is 15.9. The van der Waals surface area contributed by atoms with Crippen molar-refractivity contribution in [1.29, 1.82) is 0 Å². The minimum absolute atomic E-state index is 0.126. The minimum Gasteiger partial charge on any atom is -0.493 e. The summed E-state index contributed by atoms with van der Waals surface area (Å²) in [5.74, 6) is 0.764. The summed E-state index contributed by atoms with van der Waals surface area (Å²) in [6, 6.07) is 3.51. The lowest BCUT2D eigenvalue weighted by Gasteiger charge is -2.23. The molecule has 0 saturated heterocycles. The van der Waals surface area contributed by atoms with E-state index in [1.165, 1.54) is 7.11 Å².